The molecule has 0 saturated heterocycles. The monoisotopic (exact) mass is 450 g/mol. The van der Waals surface area contributed by atoms with Crippen LogP contribution in [0.25, 0.3) is 11.1 Å². The molecule has 0 radical (unpaired) electrons. The zero-order chi connectivity index (χ0) is 23.3. The van der Waals surface area contributed by atoms with Gasteiger partial charge in [0, 0.05) is 36.1 Å². The van der Waals surface area contributed by atoms with Crippen LogP contribution in [0.15, 0.2) is 53.9 Å². The number of likely N-dealkylation sites (N-methyl/N-ethyl adjacent to an activating group) is 1. The molecule has 32 heavy (non-hydrogen) atoms. The van der Waals surface area contributed by atoms with Crippen LogP contribution in [0, 0.1) is 11.8 Å². The van der Waals surface area contributed by atoms with Crippen LogP contribution in [0.4, 0.5) is 22.0 Å². The summed E-state index contributed by atoms with van der Waals surface area (Å²) in [5, 5.41) is 3.69. The predicted molar refractivity (Wildman–Crippen MR) is 103 cm³/mol. The predicted octanol–water partition coefficient (Wildman–Crippen LogP) is 2.82. The van der Waals surface area contributed by atoms with E-state index in [0.717, 1.165) is 23.4 Å². The highest BCUT2D eigenvalue weighted by atomic mass is 19.4. The van der Waals surface area contributed by atoms with Gasteiger partial charge in [0.2, 0.25) is 5.95 Å². The molecule has 0 aliphatic carbocycles. The molecule has 1 aromatic carbocycles. The highest BCUT2D eigenvalue weighted by molar-refractivity contribution is 6.09. The molecule has 2 aromatic heterocycles. The Morgan fingerprint density at radius 2 is 1.88 bits per heavy atom. The second kappa shape index (κ2) is 7.39. The van der Waals surface area contributed by atoms with Crippen LogP contribution >= 0.6 is 0 Å². The third kappa shape index (κ3) is 3.47. The van der Waals surface area contributed by atoms with Gasteiger partial charge in [-0.1, -0.05) is 6.07 Å². The molecule has 1 amide bonds. The second-order valence-electron chi connectivity index (χ2n) is 7.12. The molecule has 1 unspecified atom stereocenters. The number of nitrogens with two attached hydrogens (primary N) is 1. The molecule has 0 bridgehead atoms. The lowest BCUT2D eigenvalue weighted by atomic mass is 9.83. The number of halogens is 5. The van der Waals surface area contributed by atoms with Crippen LogP contribution in [-0.4, -0.2) is 44.8 Å². The SMILES string of the molecule is CN1C(=O)C(c2ccc(F)c(-c3cccnc3F)c2)(c2cnn(CC(F)(F)F)c2)N=C1N. The summed E-state index contributed by atoms with van der Waals surface area (Å²) >= 11 is 0. The van der Waals surface area contributed by atoms with Gasteiger partial charge in [-0.3, -0.25) is 14.4 Å². The fourth-order valence-corrected chi connectivity index (χ4v) is 3.55. The number of aliphatic imine (C=N–C) groups is 1. The first kappa shape index (κ1) is 21.4. The van der Waals surface area contributed by atoms with E-state index in [1.165, 1.54) is 37.5 Å². The lowest BCUT2D eigenvalue weighted by Crippen LogP contribution is -2.41. The van der Waals surface area contributed by atoms with Gasteiger partial charge < -0.3 is 5.73 Å². The Labute approximate surface area is 178 Å². The Balaban J connectivity index is 1.92. The zero-order valence-corrected chi connectivity index (χ0v) is 16.4. The van der Waals surface area contributed by atoms with Crippen molar-refractivity contribution in [3.63, 3.8) is 0 Å². The highest BCUT2D eigenvalue weighted by Gasteiger charge is 2.50. The number of nitrogens with zero attached hydrogens (tertiary/aromatic N) is 5. The summed E-state index contributed by atoms with van der Waals surface area (Å²) in [6.07, 6.45) is -1.27. The summed E-state index contributed by atoms with van der Waals surface area (Å²) in [5.41, 5.74) is 3.60. The maximum absolute atomic E-state index is 14.6. The molecular weight excluding hydrogens is 435 g/mol. The standard InChI is InChI=1S/C20H15F5N6O/c1-30-17(32)20(29-18(30)26,12-8-28-31(9-12)10-19(23,24)25)11-4-5-15(21)14(7-11)13-3-2-6-27-16(13)22/h2-9H,10H2,1H3,(H2,26,29). The number of carbonyl (C=O) groups excluding carboxylic acids is 1. The van der Waals surface area contributed by atoms with Crippen molar-refractivity contribution < 1.29 is 26.7 Å². The Morgan fingerprint density at radius 1 is 1.12 bits per heavy atom. The molecule has 1 aliphatic rings. The van der Waals surface area contributed by atoms with E-state index in [0.29, 0.717) is 4.68 Å². The molecule has 0 spiro atoms. The number of benzene rings is 1. The van der Waals surface area contributed by atoms with Crippen molar-refractivity contribution in [2.75, 3.05) is 7.05 Å². The maximum atomic E-state index is 14.6. The van der Waals surface area contributed by atoms with Gasteiger partial charge in [0.05, 0.1) is 6.20 Å². The first-order valence-corrected chi connectivity index (χ1v) is 9.17. The number of alkyl halides is 3. The van der Waals surface area contributed by atoms with E-state index in [1.807, 2.05) is 0 Å². The fraction of sp³-hybridized carbons (Fsp3) is 0.200. The molecule has 0 saturated carbocycles. The summed E-state index contributed by atoms with van der Waals surface area (Å²) in [6, 6.07) is 6.16. The Kier molecular flexibility index (Phi) is 4.94. The van der Waals surface area contributed by atoms with E-state index >= 15 is 0 Å². The van der Waals surface area contributed by atoms with Gasteiger partial charge in [0.1, 0.15) is 12.4 Å². The molecular formula is C20H15F5N6O. The molecule has 3 aromatic rings. The molecule has 0 fully saturated rings. The van der Waals surface area contributed by atoms with Crippen LogP contribution in [-0.2, 0) is 16.9 Å². The van der Waals surface area contributed by atoms with Crippen molar-refractivity contribution in [3.05, 3.63) is 71.8 Å². The van der Waals surface area contributed by atoms with E-state index < -0.39 is 35.9 Å². The summed E-state index contributed by atoms with van der Waals surface area (Å²) < 4.78 is 67.8. The molecule has 1 atom stereocenters. The van der Waals surface area contributed by atoms with Crippen LogP contribution in [0.5, 0.6) is 0 Å². The number of amides is 1. The van der Waals surface area contributed by atoms with Crippen molar-refractivity contribution in [1.82, 2.24) is 19.7 Å². The van der Waals surface area contributed by atoms with Crippen LogP contribution in [0.1, 0.15) is 11.1 Å². The number of hydrogen-bond donors (Lipinski definition) is 1. The fourth-order valence-electron chi connectivity index (χ4n) is 3.55. The van der Waals surface area contributed by atoms with Crippen molar-refractivity contribution >= 4 is 11.9 Å². The molecule has 12 heteroatoms. The smallest absolute Gasteiger partial charge is 0.369 e. The minimum absolute atomic E-state index is 0.0109. The molecule has 166 valence electrons. The average Bonchev–Trinajstić information content (AvgIpc) is 3.27. The number of guanidine groups is 1. The number of rotatable bonds is 4. The normalized spacial score (nSPS) is 18.9. The average molecular weight is 450 g/mol. The van der Waals surface area contributed by atoms with Gasteiger partial charge in [0.25, 0.3) is 5.91 Å². The van der Waals surface area contributed by atoms with E-state index in [4.69, 9.17) is 5.73 Å². The Morgan fingerprint density at radius 3 is 2.50 bits per heavy atom. The number of pyridine rings is 1. The van der Waals surface area contributed by atoms with E-state index in [-0.39, 0.29) is 28.2 Å². The summed E-state index contributed by atoms with van der Waals surface area (Å²) in [6.45, 7) is -1.39. The van der Waals surface area contributed by atoms with E-state index in [9.17, 15) is 26.7 Å². The quantitative estimate of drug-likeness (QED) is 0.489. The van der Waals surface area contributed by atoms with Crippen LogP contribution in [0.2, 0.25) is 0 Å². The first-order valence-electron chi connectivity index (χ1n) is 9.17. The Hall–Kier alpha value is -3.83. The van der Waals surface area contributed by atoms with E-state index in [1.54, 1.807) is 0 Å². The zero-order valence-electron chi connectivity index (χ0n) is 16.4. The summed E-state index contributed by atoms with van der Waals surface area (Å²) in [7, 11) is 1.34. The van der Waals surface area contributed by atoms with Gasteiger partial charge in [-0.25, -0.2) is 14.4 Å². The Bertz CT molecular complexity index is 1240. The largest absolute Gasteiger partial charge is 0.408 e. The van der Waals surface area contributed by atoms with Crippen LogP contribution < -0.4 is 5.73 Å². The topological polar surface area (TPSA) is 89.4 Å². The van der Waals surface area contributed by atoms with Crippen molar-refractivity contribution in [1.29, 1.82) is 0 Å². The molecule has 1 aliphatic heterocycles. The van der Waals surface area contributed by atoms with Crippen molar-refractivity contribution in [3.8, 4) is 11.1 Å². The first-order chi connectivity index (χ1) is 15.0. The van der Waals surface area contributed by atoms with Crippen LogP contribution in [0.3, 0.4) is 0 Å². The third-order valence-electron chi connectivity index (χ3n) is 5.07. The lowest BCUT2D eigenvalue weighted by molar-refractivity contribution is -0.142. The number of aromatic nitrogens is 3. The number of carbonyl (C=O) groups is 1. The minimum atomic E-state index is -4.55. The van der Waals surface area contributed by atoms with Gasteiger partial charge >= 0.3 is 6.18 Å². The molecule has 4 rings (SSSR count). The molecule has 2 N–H and O–H groups in total. The van der Waals surface area contributed by atoms with Crippen molar-refractivity contribution in [2.45, 2.75) is 18.3 Å². The maximum Gasteiger partial charge on any atom is 0.408 e. The van der Waals surface area contributed by atoms with Crippen molar-refractivity contribution in [2.24, 2.45) is 10.7 Å². The van der Waals surface area contributed by atoms with E-state index in [2.05, 4.69) is 15.1 Å². The third-order valence-corrected chi connectivity index (χ3v) is 5.07. The van der Waals surface area contributed by atoms with Gasteiger partial charge in [-0.05, 0) is 29.8 Å². The second-order valence-corrected chi connectivity index (χ2v) is 7.12. The molecule has 7 nitrogen and oxygen atoms in total. The summed E-state index contributed by atoms with van der Waals surface area (Å²) in [5.74, 6) is -2.62. The number of hydrogen-bond acceptors (Lipinski definition) is 5. The van der Waals surface area contributed by atoms with Gasteiger partial charge in [-0.2, -0.15) is 22.7 Å². The van der Waals surface area contributed by atoms with Gasteiger partial charge in [0.15, 0.2) is 11.5 Å². The van der Waals surface area contributed by atoms with Gasteiger partial charge in [-0.15, -0.1) is 0 Å². The minimum Gasteiger partial charge on any atom is -0.369 e. The highest BCUT2D eigenvalue weighted by Crippen LogP contribution is 2.41. The lowest BCUT2D eigenvalue weighted by Gasteiger charge is -2.25. The molecule has 3 heterocycles. The summed E-state index contributed by atoms with van der Waals surface area (Å²) in [4.78, 5) is 22.0.